The number of hydrogen-bond donors (Lipinski definition) is 2. The lowest BCUT2D eigenvalue weighted by Gasteiger charge is -2.35. The van der Waals surface area contributed by atoms with Gasteiger partial charge in [0.2, 0.25) is 17.6 Å². The Hall–Kier alpha value is -2.65. The van der Waals surface area contributed by atoms with Gasteiger partial charge in [0, 0.05) is 23.8 Å². The first-order valence-corrected chi connectivity index (χ1v) is 8.46. The minimum absolute atomic E-state index is 0.00793. The molecule has 1 saturated heterocycles. The molecule has 26 heavy (non-hydrogen) atoms. The molecule has 1 aliphatic heterocycles. The van der Waals surface area contributed by atoms with Gasteiger partial charge in [0.1, 0.15) is 0 Å². The number of nitrogens with zero attached hydrogens (tertiary/aromatic N) is 4. The van der Waals surface area contributed by atoms with Gasteiger partial charge in [0.15, 0.2) is 0 Å². The van der Waals surface area contributed by atoms with Crippen LogP contribution in [0.5, 0.6) is 0 Å². The lowest BCUT2D eigenvalue weighted by Crippen LogP contribution is -2.46. The Kier molecular flexibility index (Phi) is 5.10. The van der Waals surface area contributed by atoms with Crippen LogP contribution in [0.3, 0.4) is 0 Å². The molecule has 0 amide bonds. The van der Waals surface area contributed by atoms with Crippen LogP contribution in [0, 0.1) is 10.1 Å². The van der Waals surface area contributed by atoms with Crippen molar-refractivity contribution in [3.63, 3.8) is 0 Å². The van der Waals surface area contributed by atoms with Gasteiger partial charge < -0.3 is 20.7 Å². The van der Waals surface area contributed by atoms with Gasteiger partial charge in [-0.3, -0.25) is 10.1 Å². The first-order chi connectivity index (χ1) is 12.3. The van der Waals surface area contributed by atoms with Crippen molar-refractivity contribution in [1.82, 2.24) is 9.97 Å². The summed E-state index contributed by atoms with van der Waals surface area (Å²) < 4.78 is 5.70. The van der Waals surface area contributed by atoms with Crippen LogP contribution in [-0.4, -0.2) is 40.2 Å². The number of nitro groups is 1. The molecule has 9 nitrogen and oxygen atoms in total. The molecule has 0 saturated carbocycles. The summed E-state index contributed by atoms with van der Waals surface area (Å²) >= 11 is 5.88. The molecule has 2 aromatic rings. The van der Waals surface area contributed by atoms with Crippen molar-refractivity contribution < 1.29 is 9.66 Å². The van der Waals surface area contributed by atoms with E-state index in [9.17, 15) is 10.1 Å². The van der Waals surface area contributed by atoms with E-state index in [-0.39, 0.29) is 29.5 Å². The summed E-state index contributed by atoms with van der Waals surface area (Å²) in [5, 5.41) is 14.9. The minimum Gasteiger partial charge on any atom is -0.378 e. The molecule has 3 rings (SSSR count). The van der Waals surface area contributed by atoms with Crippen molar-refractivity contribution in [2.24, 2.45) is 0 Å². The molecule has 0 spiro atoms. The van der Waals surface area contributed by atoms with Gasteiger partial charge in [-0.2, -0.15) is 9.97 Å². The third-order valence-corrected chi connectivity index (χ3v) is 4.14. The lowest BCUT2D eigenvalue weighted by atomic mass is 10.2. The van der Waals surface area contributed by atoms with E-state index in [1.807, 2.05) is 18.7 Å². The predicted octanol–water partition coefficient (Wildman–Crippen LogP) is 2.98. The molecule has 138 valence electrons. The topological polar surface area (TPSA) is 119 Å². The van der Waals surface area contributed by atoms with Crippen LogP contribution in [0.4, 0.5) is 29.0 Å². The first kappa shape index (κ1) is 18.2. The number of aromatic nitrogens is 2. The van der Waals surface area contributed by atoms with E-state index >= 15 is 0 Å². The average molecular weight is 379 g/mol. The number of rotatable bonds is 4. The number of ether oxygens (including phenoxy) is 1. The van der Waals surface area contributed by atoms with Gasteiger partial charge in [-0.1, -0.05) is 11.6 Å². The maximum atomic E-state index is 11.4. The van der Waals surface area contributed by atoms with Crippen molar-refractivity contribution >= 4 is 40.6 Å². The van der Waals surface area contributed by atoms with Crippen LogP contribution in [0.1, 0.15) is 13.8 Å². The van der Waals surface area contributed by atoms with Crippen molar-refractivity contribution in [3.8, 4) is 0 Å². The Bertz CT molecular complexity index is 806. The van der Waals surface area contributed by atoms with E-state index in [1.54, 1.807) is 24.3 Å². The summed E-state index contributed by atoms with van der Waals surface area (Å²) in [6, 6.07) is 6.74. The average Bonchev–Trinajstić information content (AvgIpc) is 2.55. The van der Waals surface area contributed by atoms with Gasteiger partial charge in [0.05, 0.1) is 17.1 Å². The van der Waals surface area contributed by atoms with Crippen molar-refractivity contribution in [3.05, 3.63) is 39.4 Å². The van der Waals surface area contributed by atoms with E-state index in [0.29, 0.717) is 29.7 Å². The second-order valence-corrected chi connectivity index (χ2v) is 6.59. The SMILES string of the molecule is C[C@@H]1CN(c2nc(N)c([N+](=O)[O-])c(Nc3ccc(Cl)cc3)n2)C[C@H](C)O1. The largest absolute Gasteiger partial charge is 0.378 e. The van der Waals surface area contributed by atoms with Crippen LogP contribution < -0.4 is 16.0 Å². The third-order valence-electron chi connectivity index (χ3n) is 3.89. The van der Waals surface area contributed by atoms with Crippen LogP contribution in [0.25, 0.3) is 0 Å². The second-order valence-electron chi connectivity index (χ2n) is 6.16. The molecular weight excluding hydrogens is 360 g/mol. The highest BCUT2D eigenvalue weighted by Gasteiger charge is 2.29. The number of morpholine rings is 1. The zero-order valence-corrected chi connectivity index (χ0v) is 15.1. The molecule has 10 heteroatoms. The normalized spacial score (nSPS) is 20.0. The molecule has 1 aromatic heterocycles. The van der Waals surface area contributed by atoms with Crippen molar-refractivity contribution in [1.29, 1.82) is 0 Å². The van der Waals surface area contributed by atoms with Gasteiger partial charge in [0.25, 0.3) is 0 Å². The summed E-state index contributed by atoms with van der Waals surface area (Å²) in [5.74, 6) is 0.168. The molecule has 0 radical (unpaired) electrons. The van der Waals surface area contributed by atoms with Gasteiger partial charge in [-0.15, -0.1) is 0 Å². The molecule has 2 heterocycles. The zero-order valence-electron chi connectivity index (χ0n) is 14.3. The predicted molar refractivity (Wildman–Crippen MR) is 100 cm³/mol. The molecule has 0 aliphatic carbocycles. The smallest absolute Gasteiger partial charge is 0.353 e. The molecule has 0 bridgehead atoms. The monoisotopic (exact) mass is 378 g/mol. The molecular formula is C16H19ClN6O3. The summed E-state index contributed by atoms with van der Waals surface area (Å²) in [6.07, 6.45) is -0.0159. The molecule has 1 fully saturated rings. The fraction of sp³-hybridized carbons (Fsp3) is 0.375. The van der Waals surface area contributed by atoms with Crippen molar-refractivity contribution in [2.45, 2.75) is 26.1 Å². The number of hydrogen-bond acceptors (Lipinski definition) is 8. The Morgan fingerprint density at radius 2 is 1.88 bits per heavy atom. The van der Waals surface area contributed by atoms with Gasteiger partial charge in [-0.05, 0) is 38.1 Å². The molecule has 2 atom stereocenters. The van der Waals surface area contributed by atoms with E-state index in [1.165, 1.54) is 0 Å². The zero-order chi connectivity index (χ0) is 18.8. The number of halogens is 1. The van der Waals surface area contributed by atoms with Crippen LogP contribution >= 0.6 is 11.6 Å². The highest BCUT2D eigenvalue weighted by atomic mass is 35.5. The van der Waals surface area contributed by atoms with E-state index in [0.717, 1.165) is 0 Å². The third kappa shape index (κ3) is 3.94. The number of benzene rings is 1. The van der Waals surface area contributed by atoms with Gasteiger partial charge >= 0.3 is 5.69 Å². The van der Waals surface area contributed by atoms with Crippen molar-refractivity contribution in [2.75, 3.05) is 29.0 Å². The van der Waals surface area contributed by atoms with Crippen LogP contribution in [-0.2, 0) is 4.74 Å². The van der Waals surface area contributed by atoms with Crippen LogP contribution in [0.15, 0.2) is 24.3 Å². The number of nitrogen functional groups attached to an aromatic ring is 1. The summed E-state index contributed by atoms with van der Waals surface area (Å²) in [6.45, 7) is 5.04. The Morgan fingerprint density at radius 3 is 2.46 bits per heavy atom. The fourth-order valence-electron chi connectivity index (χ4n) is 2.88. The lowest BCUT2D eigenvalue weighted by molar-refractivity contribution is -0.383. The Morgan fingerprint density at radius 1 is 1.27 bits per heavy atom. The second kappa shape index (κ2) is 7.30. The summed E-state index contributed by atoms with van der Waals surface area (Å²) in [5.41, 5.74) is 6.10. The van der Waals surface area contributed by atoms with E-state index in [2.05, 4.69) is 15.3 Å². The number of nitrogens with one attached hydrogen (secondary N) is 1. The van der Waals surface area contributed by atoms with Crippen LogP contribution in [0.2, 0.25) is 5.02 Å². The minimum atomic E-state index is -0.595. The highest BCUT2D eigenvalue weighted by molar-refractivity contribution is 6.30. The standard InChI is InChI=1S/C16H19ClN6O3/c1-9-7-22(8-10(2)26-9)16-20-14(18)13(23(24)25)15(21-16)19-12-5-3-11(17)4-6-12/h3-6,9-10H,7-8H2,1-2H3,(H3,18,19,20,21)/t9-,10+. The first-order valence-electron chi connectivity index (χ1n) is 8.08. The summed E-state index contributed by atoms with van der Waals surface area (Å²) in [7, 11) is 0. The quantitative estimate of drug-likeness (QED) is 0.615. The highest BCUT2D eigenvalue weighted by Crippen LogP contribution is 2.33. The number of nitrogens with two attached hydrogens (primary N) is 1. The Balaban J connectivity index is 1.99. The van der Waals surface area contributed by atoms with E-state index in [4.69, 9.17) is 22.1 Å². The Labute approximate surface area is 155 Å². The maximum absolute atomic E-state index is 11.4. The molecule has 1 aromatic carbocycles. The maximum Gasteiger partial charge on any atom is 0.353 e. The van der Waals surface area contributed by atoms with Gasteiger partial charge in [-0.25, -0.2) is 0 Å². The molecule has 3 N–H and O–H groups in total. The molecule has 1 aliphatic rings. The summed E-state index contributed by atoms with van der Waals surface area (Å²) in [4.78, 5) is 21.2. The number of anilines is 4. The fourth-order valence-corrected chi connectivity index (χ4v) is 3.01. The molecule has 0 unspecified atom stereocenters. The van der Waals surface area contributed by atoms with E-state index < -0.39 is 4.92 Å².